The molecule has 1 saturated heterocycles. The van der Waals surface area contributed by atoms with Crippen LogP contribution >= 0.6 is 23.1 Å². The summed E-state index contributed by atoms with van der Waals surface area (Å²) in [6.07, 6.45) is 5.03. The molecule has 3 aromatic rings. The van der Waals surface area contributed by atoms with Gasteiger partial charge in [-0.05, 0) is 42.1 Å². The number of rotatable bonds is 4. The Morgan fingerprint density at radius 2 is 2.12 bits per heavy atom. The number of aromatic nitrogens is 3. The van der Waals surface area contributed by atoms with Crippen LogP contribution in [0.4, 0.5) is 5.13 Å². The maximum Gasteiger partial charge on any atom is 0.273 e. The van der Waals surface area contributed by atoms with Crippen molar-refractivity contribution >= 4 is 45.4 Å². The standard InChI is InChI=1S/C17H13N5O2S2/c1-24-12-4-2-10(3-5-12)14-11(9-20-21-14)8-13-15(23)22(16(18)26-13)17-19-6-7-25-17/h2-9,18H,1H3,(H,20,21)/b13-8-,18-16?. The van der Waals surface area contributed by atoms with Gasteiger partial charge >= 0.3 is 0 Å². The van der Waals surface area contributed by atoms with Gasteiger partial charge in [0.1, 0.15) is 5.75 Å². The summed E-state index contributed by atoms with van der Waals surface area (Å²) in [5.41, 5.74) is 2.50. The average Bonchev–Trinajstić information content (AvgIpc) is 3.38. The highest BCUT2D eigenvalue weighted by atomic mass is 32.2. The highest BCUT2D eigenvalue weighted by molar-refractivity contribution is 8.19. The molecule has 130 valence electrons. The van der Waals surface area contributed by atoms with Gasteiger partial charge in [0.25, 0.3) is 5.91 Å². The maximum atomic E-state index is 12.7. The number of hydrogen-bond donors (Lipinski definition) is 2. The summed E-state index contributed by atoms with van der Waals surface area (Å²) in [5.74, 6) is 0.513. The number of hydrogen-bond acceptors (Lipinski definition) is 7. The number of methoxy groups -OCH3 is 1. The van der Waals surface area contributed by atoms with Crippen LogP contribution in [0.5, 0.6) is 5.75 Å². The van der Waals surface area contributed by atoms with Gasteiger partial charge in [0.05, 0.1) is 23.9 Å². The second-order valence-corrected chi connectivity index (χ2v) is 7.20. The third-order valence-corrected chi connectivity index (χ3v) is 5.41. The summed E-state index contributed by atoms with van der Waals surface area (Å²) in [6.45, 7) is 0. The zero-order valence-corrected chi connectivity index (χ0v) is 15.2. The molecular weight excluding hydrogens is 370 g/mol. The van der Waals surface area contributed by atoms with Gasteiger partial charge in [0, 0.05) is 22.7 Å². The SMILES string of the molecule is COc1ccc(-c2[nH]ncc2/C=C2\SC(=N)N(c3nccs3)C2=O)cc1. The molecule has 9 heteroatoms. The van der Waals surface area contributed by atoms with E-state index in [-0.39, 0.29) is 11.1 Å². The van der Waals surface area contributed by atoms with Crippen molar-refractivity contribution in [2.75, 3.05) is 12.0 Å². The number of amides is 1. The number of carbonyl (C=O) groups excluding carboxylic acids is 1. The van der Waals surface area contributed by atoms with Crippen LogP contribution in [-0.2, 0) is 4.79 Å². The molecule has 2 N–H and O–H groups in total. The predicted molar refractivity (Wildman–Crippen MR) is 103 cm³/mol. The van der Waals surface area contributed by atoms with Gasteiger partial charge < -0.3 is 4.74 Å². The fourth-order valence-electron chi connectivity index (χ4n) is 2.52. The number of nitrogens with one attached hydrogen (secondary N) is 2. The van der Waals surface area contributed by atoms with Gasteiger partial charge in [-0.2, -0.15) is 5.10 Å². The van der Waals surface area contributed by atoms with Crippen molar-refractivity contribution in [1.82, 2.24) is 15.2 Å². The highest BCUT2D eigenvalue weighted by Crippen LogP contribution is 2.37. The number of H-pyrrole nitrogens is 1. The van der Waals surface area contributed by atoms with E-state index in [1.807, 2.05) is 24.3 Å². The number of benzene rings is 1. The summed E-state index contributed by atoms with van der Waals surface area (Å²) in [5, 5.41) is 17.6. The Hall–Kier alpha value is -2.91. The maximum absolute atomic E-state index is 12.7. The molecule has 1 amide bonds. The van der Waals surface area contributed by atoms with E-state index < -0.39 is 0 Å². The number of aromatic amines is 1. The molecule has 0 atom stereocenters. The van der Waals surface area contributed by atoms with Crippen LogP contribution in [0.3, 0.4) is 0 Å². The second-order valence-electron chi connectivity index (χ2n) is 5.30. The molecule has 26 heavy (non-hydrogen) atoms. The number of carbonyl (C=O) groups is 1. The zero-order chi connectivity index (χ0) is 18.1. The summed E-state index contributed by atoms with van der Waals surface area (Å²) in [7, 11) is 1.62. The fraction of sp³-hybridized carbons (Fsp3) is 0.0588. The molecule has 7 nitrogen and oxygen atoms in total. The highest BCUT2D eigenvalue weighted by Gasteiger charge is 2.35. The molecule has 0 spiro atoms. The quantitative estimate of drug-likeness (QED) is 0.671. The van der Waals surface area contributed by atoms with Crippen molar-refractivity contribution in [3.8, 4) is 17.0 Å². The molecular formula is C17H13N5O2S2. The lowest BCUT2D eigenvalue weighted by molar-refractivity contribution is -0.113. The summed E-state index contributed by atoms with van der Waals surface area (Å²) >= 11 is 2.44. The van der Waals surface area contributed by atoms with Gasteiger partial charge in [-0.1, -0.05) is 0 Å². The van der Waals surface area contributed by atoms with Crippen LogP contribution in [0.15, 0.2) is 46.9 Å². The molecule has 4 rings (SSSR count). The minimum atomic E-state index is -0.253. The van der Waals surface area contributed by atoms with Crippen molar-refractivity contribution in [3.05, 3.63) is 52.5 Å². The first-order valence-corrected chi connectivity index (χ1v) is 9.27. The van der Waals surface area contributed by atoms with Crippen LogP contribution in [-0.4, -0.2) is 33.4 Å². The van der Waals surface area contributed by atoms with Gasteiger partial charge in [-0.15, -0.1) is 11.3 Å². The third kappa shape index (κ3) is 2.91. The first kappa shape index (κ1) is 16.6. The molecule has 0 unspecified atom stereocenters. The van der Waals surface area contributed by atoms with E-state index in [0.717, 1.165) is 34.3 Å². The van der Waals surface area contributed by atoms with E-state index in [1.54, 1.807) is 31.0 Å². The molecule has 0 bridgehead atoms. The molecule has 1 aliphatic heterocycles. The molecule has 1 aromatic carbocycles. The van der Waals surface area contributed by atoms with Crippen molar-refractivity contribution in [1.29, 1.82) is 5.41 Å². The lowest BCUT2D eigenvalue weighted by Crippen LogP contribution is -2.27. The first-order valence-electron chi connectivity index (χ1n) is 7.57. The van der Waals surface area contributed by atoms with Gasteiger partial charge in [-0.25, -0.2) is 9.88 Å². The number of thiazole rings is 1. The molecule has 0 saturated carbocycles. The van der Waals surface area contributed by atoms with E-state index in [1.165, 1.54) is 16.2 Å². The van der Waals surface area contributed by atoms with E-state index >= 15 is 0 Å². The number of nitrogens with zero attached hydrogens (tertiary/aromatic N) is 3. The number of ether oxygens (including phenoxy) is 1. The van der Waals surface area contributed by atoms with Crippen LogP contribution in [0.25, 0.3) is 17.3 Å². The molecule has 1 aliphatic rings. The summed E-state index contributed by atoms with van der Waals surface area (Å²) in [6, 6.07) is 7.56. The summed E-state index contributed by atoms with van der Waals surface area (Å²) < 4.78 is 5.18. The van der Waals surface area contributed by atoms with Crippen LogP contribution in [0.2, 0.25) is 0 Å². The lowest BCUT2D eigenvalue weighted by atomic mass is 10.1. The van der Waals surface area contributed by atoms with E-state index in [0.29, 0.717) is 10.0 Å². The van der Waals surface area contributed by atoms with E-state index in [2.05, 4.69) is 15.2 Å². The Morgan fingerprint density at radius 3 is 2.81 bits per heavy atom. The molecule has 3 heterocycles. The van der Waals surface area contributed by atoms with Crippen molar-refractivity contribution in [2.24, 2.45) is 0 Å². The minimum absolute atomic E-state index is 0.144. The largest absolute Gasteiger partial charge is 0.497 e. The third-order valence-electron chi connectivity index (χ3n) is 3.77. The Labute approximate surface area is 157 Å². The Morgan fingerprint density at radius 1 is 1.31 bits per heavy atom. The minimum Gasteiger partial charge on any atom is -0.497 e. The topological polar surface area (TPSA) is 95.0 Å². The van der Waals surface area contributed by atoms with Gasteiger partial charge in [-0.3, -0.25) is 15.3 Å². The van der Waals surface area contributed by atoms with Gasteiger partial charge in [0.15, 0.2) is 10.3 Å². The van der Waals surface area contributed by atoms with Gasteiger partial charge in [0.2, 0.25) is 0 Å². The Kier molecular flexibility index (Phi) is 4.31. The lowest BCUT2D eigenvalue weighted by Gasteiger charge is -2.08. The van der Waals surface area contributed by atoms with E-state index in [9.17, 15) is 4.79 Å². The molecule has 1 fully saturated rings. The Bertz CT molecular complexity index is 993. The fourth-order valence-corrected chi connectivity index (χ4v) is 4.06. The molecule has 0 aliphatic carbocycles. The van der Waals surface area contributed by atoms with Crippen LogP contribution < -0.4 is 9.64 Å². The average molecular weight is 383 g/mol. The van der Waals surface area contributed by atoms with Crippen molar-refractivity contribution in [2.45, 2.75) is 0 Å². The zero-order valence-electron chi connectivity index (χ0n) is 13.6. The molecule has 2 aromatic heterocycles. The number of anilines is 1. The Balaban J connectivity index is 1.66. The predicted octanol–water partition coefficient (Wildman–Crippen LogP) is 3.60. The number of amidine groups is 1. The second kappa shape index (κ2) is 6.77. The van der Waals surface area contributed by atoms with Crippen LogP contribution in [0, 0.1) is 5.41 Å². The van der Waals surface area contributed by atoms with E-state index in [4.69, 9.17) is 10.1 Å². The molecule has 0 radical (unpaired) electrons. The smallest absolute Gasteiger partial charge is 0.273 e. The number of thioether (sulfide) groups is 1. The van der Waals surface area contributed by atoms with Crippen molar-refractivity contribution in [3.63, 3.8) is 0 Å². The normalized spacial score (nSPS) is 15.9. The summed E-state index contributed by atoms with van der Waals surface area (Å²) in [4.78, 5) is 18.6. The first-order chi connectivity index (χ1) is 12.7. The van der Waals surface area contributed by atoms with Crippen LogP contribution in [0.1, 0.15) is 5.56 Å². The monoisotopic (exact) mass is 383 g/mol. The van der Waals surface area contributed by atoms with Crippen molar-refractivity contribution < 1.29 is 9.53 Å².